The number of aromatic nitrogens is 2. The molecule has 1 atom stereocenters. The summed E-state index contributed by atoms with van der Waals surface area (Å²) in [6.45, 7) is 6.26. The Labute approximate surface area is 125 Å². The van der Waals surface area contributed by atoms with Crippen molar-refractivity contribution in [1.29, 1.82) is 0 Å². The Bertz CT molecular complexity index is 601. The van der Waals surface area contributed by atoms with E-state index in [1.54, 1.807) is 16.9 Å². The van der Waals surface area contributed by atoms with Gasteiger partial charge in [0.2, 0.25) is 0 Å². The molecule has 0 saturated heterocycles. The van der Waals surface area contributed by atoms with Crippen LogP contribution in [0.2, 0.25) is 0 Å². The molecule has 0 aliphatic carbocycles. The van der Waals surface area contributed by atoms with Gasteiger partial charge in [0.15, 0.2) is 5.69 Å². The van der Waals surface area contributed by atoms with Gasteiger partial charge in [-0.1, -0.05) is 20.8 Å². The highest BCUT2D eigenvalue weighted by atomic mass is 16.2. The van der Waals surface area contributed by atoms with Gasteiger partial charge in [0.05, 0.1) is 5.69 Å². The molecule has 5 heteroatoms. The number of carbonyl (C=O) groups excluding carboxylic acids is 1. The van der Waals surface area contributed by atoms with Crippen molar-refractivity contribution in [2.45, 2.75) is 33.2 Å². The molecule has 1 unspecified atom stereocenters. The number of nitrogens with one attached hydrogen (secondary N) is 1. The Balaban J connectivity index is 2.12. The number of nitrogens with zero attached hydrogens (tertiary/aromatic N) is 2. The van der Waals surface area contributed by atoms with Crippen molar-refractivity contribution in [3.05, 3.63) is 42.2 Å². The predicted molar refractivity (Wildman–Crippen MR) is 84.4 cm³/mol. The van der Waals surface area contributed by atoms with Gasteiger partial charge < -0.3 is 11.1 Å². The lowest BCUT2D eigenvalue weighted by atomic mass is 10.0. The van der Waals surface area contributed by atoms with E-state index in [1.807, 2.05) is 24.3 Å². The molecule has 2 aromatic rings. The number of amides is 1. The molecule has 112 valence electrons. The molecule has 0 bridgehead atoms. The SMILES string of the molecule is CCC(NC(=O)c1ccn(-c2ccc(N)cc2)n1)C(C)C. The standard InChI is InChI=1S/C16H22N4O/c1-4-14(11(2)3)18-16(21)15-9-10-20(19-15)13-7-5-12(17)6-8-13/h5-11,14H,4,17H2,1-3H3,(H,18,21). The molecular weight excluding hydrogens is 264 g/mol. The highest BCUT2D eigenvalue weighted by molar-refractivity contribution is 5.92. The Kier molecular flexibility index (Phi) is 4.62. The van der Waals surface area contributed by atoms with Crippen molar-refractivity contribution >= 4 is 11.6 Å². The van der Waals surface area contributed by atoms with Gasteiger partial charge in [0.1, 0.15) is 0 Å². The Morgan fingerprint density at radius 1 is 1.29 bits per heavy atom. The van der Waals surface area contributed by atoms with Crippen LogP contribution in [0.3, 0.4) is 0 Å². The van der Waals surface area contributed by atoms with E-state index in [9.17, 15) is 4.79 Å². The number of nitrogen functional groups attached to an aromatic ring is 1. The zero-order chi connectivity index (χ0) is 15.4. The minimum atomic E-state index is -0.134. The highest BCUT2D eigenvalue weighted by Crippen LogP contribution is 2.11. The van der Waals surface area contributed by atoms with E-state index < -0.39 is 0 Å². The van der Waals surface area contributed by atoms with Crippen molar-refractivity contribution in [2.24, 2.45) is 5.92 Å². The van der Waals surface area contributed by atoms with Gasteiger partial charge in [-0.3, -0.25) is 4.79 Å². The highest BCUT2D eigenvalue weighted by Gasteiger charge is 2.17. The Morgan fingerprint density at radius 3 is 2.52 bits per heavy atom. The van der Waals surface area contributed by atoms with Crippen molar-refractivity contribution < 1.29 is 4.79 Å². The minimum absolute atomic E-state index is 0.134. The van der Waals surface area contributed by atoms with Crippen LogP contribution in [-0.4, -0.2) is 21.7 Å². The summed E-state index contributed by atoms with van der Waals surface area (Å²) in [6, 6.07) is 9.24. The lowest BCUT2D eigenvalue weighted by molar-refractivity contribution is 0.0919. The second-order valence-electron chi connectivity index (χ2n) is 5.47. The van der Waals surface area contributed by atoms with E-state index >= 15 is 0 Å². The lowest BCUT2D eigenvalue weighted by Gasteiger charge is -2.19. The minimum Gasteiger partial charge on any atom is -0.399 e. The summed E-state index contributed by atoms with van der Waals surface area (Å²) in [4.78, 5) is 12.2. The number of nitrogens with two attached hydrogens (primary N) is 1. The number of hydrogen-bond acceptors (Lipinski definition) is 3. The van der Waals surface area contributed by atoms with Crippen LogP contribution in [0.1, 0.15) is 37.7 Å². The fourth-order valence-corrected chi connectivity index (χ4v) is 2.20. The van der Waals surface area contributed by atoms with Gasteiger partial charge in [0.25, 0.3) is 5.91 Å². The molecule has 0 fully saturated rings. The summed E-state index contributed by atoms with van der Waals surface area (Å²) in [7, 11) is 0. The lowest BCUT2D eigenvalue weighted by Crippen LogP contribution is -2.38. The van der Waals surface area contributed by atoms with Gasteiger partial charge in [-0.05, 0) is 42.7 Å². The second-order valence-corrected chi connectivity index (χ2v) is 5.47. The zero-order valence-corrected chi connectivity index (χ0v) is 12.7. The number of anilines is 1. The first-order chi connectivity index (χ1) is 10.0. The molecule has 5 nitrogen and oxygen atoms in total. The summed E-state index contributed by atoms with van der Waals surface area (Å²) >= 11 is 0. The molecule has 1 aromatic heterocycles. The van der Waals surface area contributed by atoms with E-state index in [2.05, 4.69) is 31.2 Å². The van der Waals surface area contributed by atoms with Crippen molar-refractivity contribution in [1.82, 2.24) is 15.1 Å². The van der Waals surface area contributed by atoms with E-state index in [0.717, 1.165) is 12.1 Å². The smallest absolute Gasteiger partial charge is 0.272 e. The van der Waals surface area contributed by atoms with Crippen molar-refractivity contribution in [3.63, 3.8) is 0 Å². The molecule has 21 heavy (non-hydrogen) atoms. The fourth-order valence-electron chi connectivity index (χ4n) is 2.20. The molecule has 1 aromatic carbocycles. The summed E-state index contributed by atoms with van der Waals surface area (Å²) < 4.78 is 1.67. The third kappa shape index (κ3) is 3.62. The largest absolute Gasteiger partial charge is 0.399 e. The van der Waals surface area contributed by atoms with Crippen molar-refractivity contribution in [3.8, 4) is 5.69 Å². The molecule has 1 heterocycles. The topological polar surface area (TPSA) is 72.9 Å². The Morgan fingerprint density at radius 2 is 1.95 bits per heavy atom. The maximum absolute atomic E-state index is 12.2. The quantitative estimate of drug-likeness (QED) is 0.830. The van der Waals surface area contributed by atoms with Crippen LogP contribution in [0.15, 0.2) is 36.5 Å². The number of hydrogen-bond donors (Lipinski definition) is 2. The van der Waals surface area contributed by atoms with Crippen molar-refractivity contribution in [2.75, 3.05) is 5.73 Å². The molecule has 2 rings (SSSR count). The van der Waals surface area contributed by atoms with Crippen LogP contribution in [0, 0.1) is 5.92 Å². The van der Waals surface area contributed by atoms with Gasteiger partial charge in [-0.25, -0.2) is 4.68 Å². The van der Waals surface area contributed by atoms with Crippen LogP contribution in [0.5, 0.6) is 0 Å². The molecule has 0 radical (unpaired) electrons. The Hall–Kier alpha value is -2.30. The first-order valence-corrected chi connectivity index (χ1v) is 7.23. The average molecular weight is 286 g/mol. The molecule has 0 aliphatic heterocycles. The summed E-state index contributed by atoms with van der Waals surface area (Å²) in [5.41, 5.74) is 7.66. The van der Waals surface area contributed by atoms with Gasteiger partial charge in [-0.2, -0.15) is 5.10 Å². The molecule has 1 amide bonds. The van der Waals surface area contributed by atoms with E-state index in [4.69, 9.17) is 5.73 Å². The van der Waals surface area contributed by atoms with Crippen LogP contribution in [0.25, 0.3) is 5.69 Å². The number of carbonyl (C=O) groups is 1. The van der Waals surface area contributed by atoms with Crippen LogP contribution in [-0.2, 0) is 0 Å². The number of rotatable bonds is 5. The molecule has 0 saturated carbocycles. The maximum atomic E-state index is 12.2. The van der Waals surface area contributed by atoms with E-state index in [1.165, 1.54) is 0 Å². The first kappa shape index (κ1) is 15.1. The molecule has 3 N–H and O–H groups in total. The monoisotopic (exact) mass is 286 g/mol. The zero-order valence-electron chi connectivity index (χ0n) is 12.7. The van der Waals surface area contributed by atoms with Crippen LogP contribution in [0.4, 0.5) is 5.69 Å². The van der Waals surface area contributed by atoms with Gasteiger partial charge >= 0.3 is 0 Å². The average Bonchev–Trinajstić information content (AvgIpc) is 2.94. The summed E-state index contributed by atoms with van der Waals surface area (Å²) in [6.07, 6.45) is 2.68. The number of benzene rings is 1. The fraction of sp³-hybridized carbons (Fsp3) is 0.375. The predicted octanol–water partition coefficient (Wildman–Crippen LogP) is 2.62. The van der Waals surface area contributed by atoms with Gasteiger partial charge in [0, 0.05) is 17.9 Å². The third-order valence-electron chi connectivity index (χ3n) is 3.54. The summed E-state index contributed by atoms with van der Waals surface area (Å²) in [5.74, 6) is 0.267. The summed E-state index contributed by atoms with van der Waals surface area (Å²) in [5, 5.41) is 7.34. The van der Waals surface area contributed by atoms with Gasteiger partial charge in [-0.15, -0.1) is 0 Å². The third-order valence-corrected chi connectivity index (χ3v) is 3.54. The van der Waals surface area contributed by atoms with E-state index in [-0.39, 0.29) is 11.9 Å². The van der Waals surface area contributed by atoms with E-state index in [0.29, 0.717) is 17.3 Å². The second kappa shape index (κ2) is 6.43. The molecule has 0 spiro atoms. The van der Waals surface area contributed by atoms with Crippen LogP contribution < -0.4 is 11.1 Å². The first-order valence-electron chi connectivity index (χ1n) is 7.23. The molecule has 0 aliphatic rings. The normalized spacial score (nSPS) is 12.4. The maximum Gasteiger partial charge on any atom is 0.272 e. The molecular formula is C16H22N4O. The van der Waals surface area contributed by atoms with Crippen LogP contribution >= 0.6 is 0 Å².